The van der Waals surface area contributed by atoms with E-state index in [1.165, 1.54) is 0 Å². The van der Waals surface area contributed by atoms with Gasteiger partial charge in [0.1, 0.15) is 5.82 Å². The highest BCUT2D eigenvalue weighted by Gasteiger charge is 2.23. The van der Waals surface area contributed by atoms with E-state index in [2.05, 4.69) is 22.1 Å². The highest BCUT2D eigenvalue weighted by molar-refractivity contribution is 5.74. The van der Waals surface area contributed by atoms with Gasteiger partial charge in [-0.3, -0.25) is 9.20 Å². The van der Waals surface area contributed by atoms with Crippen LogP contribution in [0.25, 0.3) is 5.65 Å². The number of hydrogen-bond acceptors (Lipinski definition) is 4. The van der Waals surface area contributed by atoms with Gasteiger partial charge in [0.15, 0.2) is 11.9 Å². The van der Waals surface area contributed by atoms with Gasteiger partial charge in [-0.1, -0.05) is 6.07 Å². The molecular weight excluding hydrogens is 228 g/mol. The second-order valence-electron chi connectivity index (χ2n) is 4.90. The summed E-state index contributed by atoms with van der Waals surface area (Å²) in [4.78, 5) is 13.4. The van der Waals surface area contributed by atoms with Crippen molar-refractivity contribution < 1.29 is 4.79 Å². The number of nitrogens with zero attached hydrogens (tertiary/aromatic N) is 4. The Balaban J connectivity index is 2.04. The summed E-state index contributed by atoms with van der Waals surface area (Å²) in [6.45, 7) is 2.14. The second-order valence-corrected chi connectivity index (χ2v) is 4.90. The Morgan fingerprint density at radius 3 is 2.78 bits per heavy atom. The van der Waals surface area contributed by atoms with E-state index in [0.29, 0.717) is 11.6 Å². The summed E-state index contributed by atoms with van der Waals surface area (Å²) < 4.78 is 1.89. The zero-order valence-electron chi connectivity index (χ0n) is 10.4. The van der Waals surface area contributed by atoms with E-state index in [4.69, 9.17) is 0 Å². The molecule has 1 aliphatic heterocycles. The second kappa shape index (κ2) is 4.49. The molecule has 0 saturated carbocycles. The zero-order valence-corrected chi connectivity index (χ0v) is 10.4. The van der Waals surface area contributed by atoms with E-state index in [-0.39, 0.29) is 0 Å². The predicted molar refractivity (Wildman–Crippen MR) is 67.8 cm³/mol. The Bertz CT molecular complexity index is 569. The van der Waals surface area contributed by atoms with Crippen LogP contribution in [-0.4, -0.2) is 45.9 Å². The molecule has 3 heterocycles. The minimum atomic E-state index is 0.400. The van der Waals surface area contributed by atoms with Crippen LogP contribution >= 0.6 is 0 Å². The summed E-state index contributed by atoms with van der Waals surface area (Å²) in [6, 6.07) is 5.53. The fourth-order valence-corrected chi connectivity index (χ4v) is 2.61. The largest absolute Gasteiger partial charge is 0.306 e. The van der Waals surface area contributed by atoms with Crippen LogP contribution in [0.3, 0.4) is 0 Å². The third-order valence-electron chi connectivity index (χ3n) is 3.69. The lowest BCUT2D eigenvalue weighted by molar-refractivity contribution is 0.111. The van der Waals surface area contributed by atoms with Crippen molar-refractivity contribution in [3.05, 3.63) is 29.7 Å². The number of carbonyl (C=O) groups is 1. The summed E-state index contributed by atoms with van der Waals surface area (Å²) in [5.74, 6) is 1.33. The Hall–Kier alpha value is -1.75. The van der Waals surface area contributed by atoms with Crippen LogP contribution in [0.4, 0.5) is 0 Å². The first-order chi connectivity index (χ1) is 8.79. The molecule has 0 spiro atoms. The number of aldehydes is 1. The molecule has 0 aliphatic carbocycles. The minimum absolute atomic E-state index is 0.400. The number of hydrogen-bond donors (Lipinski definition) is 0. The molecule has 2 aromatic rings. The molecule has 0 unspecified atom stereocenters. The van der Waals surface area contributed by atoms with Crippen LogP contribution < -0.4 is 0 Å². The number of pyridine rings is 1. The van der Waals surface area contributed by atoms with Gasteiger partial charge in [-0.2, -0.15) is 0 Å². The number of carbonyl (C=O) groups excluding carboxylic acids is 1. The van der Waals surface area contributed by atoms with Crippen molar-refractivity contribution in [1.82, 2.24) is 19.5 Å². The zero-order chi connectivity index (χ0) is 12.5. The molecule has 0 amide bonds. The highest BCUT2D eigenvalue weighted by atomic mass is 16.1. The van der Waals surface area contributed by atoms with E-state index in [0.717, 1.165) is 43.7 Å². The molecule has 0 N–H and O–H groups in total. The Morgan fingerprint density at radius 2 is 2.06 bits per heavy atom. The van der Waals surface area contributed by atoms with Crippen molar-refractivity contribution in [3.8, 4) is 0 Å². The summed E-state index contributed by atoms with van der Waals surface area (Å²) in [6.07, 6.45) is 3.02. The molecule has 2 aromatic heterocycles. The van der Waals surface area contributed by atoms with E-state index >= 15 is 0 Å². The first kappa shape index (κ1) is 11.3. The molecule has 0 aromatic carbocycles. The molecule has 1 aliphatic rings. The molecule has 0 atom stereocenters. The number of aromatic nitrogens is 3. The number of likely N-dealkylation sites (tertiary alicyclic amines) is 1. The van der Waals surface area contributed by atoms with Gasteiger partial charge in [-0.15, -0.1) is 10.2 Å². The summed E-state index contributed by atoms with van der Waals surface area (Å²) in [7, 11) is 2.13. The highest BCUT2D eigenvalue weighted by Crippen LogP contribution is 2.26. The maximum Gasteiger partial charge on any atom is 0.166 e. The standard InChI is InChI=1S/C13H16N4O/c1-16-7-5-10(6-8-16)13-15-14-12-4-2-3-11(9-18)17(12)13/h2-4,9-10H,5-8H2,1H3. The van der Waals surface area contributed by atoms with Crippen LogP contribution in [-0.2, 0) is 0 Å². The molecule has 1 fully saturated rings. The molecule has 1 saturated heterocycles. The average molecular weight is 244 g/mol. The molecule has 3 rings (SSSR count). The molecule has 94 valence electrons. The topological polar surface area (TPSA) is 50.5 Å². The quantitative estimate of drug-likeness (QED) is 0.748. The molecule has 0 radical (unpaired) electrons. The predicted octanol–water partition coefficient (Wildman–Crippen LogP) is 1.35. The van der Waals surface area contributed by atoms with Crippen LogP contribution in [0.5, 0.6) is 0 Å². The Labute approximate surface area is 105 Å². The lowest BCUT2D eigenvalue weighted by atomic mass is 9.96. The number of fused-ring (bicyclic) bond motifs is 1. The molecule has 5 nitrogen and oxygen atoms in total. The van der Waals surface area contributed by atoms with Gasteiger partial charge in [0.2, 0.25) is 0 Å². The first-order valence-corrected chi connectivity index (χ1v) is 6.27. The monoisotopic (exact) mass is 244 g/mol. The van der Waals surface area contributed by atoms with E-state index in [1.54, 1.807) is 0 Å². The number of rotatable bonds is 2. The molecular formula is C13H16N4O. The third-order valence-corrected chi connectivity index (χ3v) is 3.69. The normalized spacial score (nSPS) is 18.3. The lowest BCUT2D eigenvalue weighted by Crippen LogP contribution is -2.30. The van der Waals surface area contributed by atoms with Crippen molar-refractivity contribution in [2.24, 2.45) is 0 Å². The fourth-order valence-electron chi connectivity index (χ4n) is 2.61. The Kier molecular flexibility index (Phi) is 2.83. The fraction of sp³-hybridized carbons (Fsp3) is 0.462. The summed E-state index contributed by atoms with van der Waals surface area (Å²) in [5.41, 5.74) is 1.39. The van der Waals surface area contributed by atoms with Gasteiger partial charge in [-0.05, 0) is 45.1 Å². The maximum atomic E-state index is 11.1. The molecule has 0 bridgehead atoms. The summed E-state index contributed by atoms with van der Waals surface area (Å²) >= 11 is 0. The van der Waals surface area contributed by atoms with Gasteiger partial charge in [-0.25, -0.2) is 0 Å². The van der Waals surface area contributed by atoms with Crippen LogP contribution in [0.15, 0.2) is 18.2 Å². The van der Waals surface area contributed by atoms with Crippen molar-refractivity contribution in [1.29, 1.82) is 0 Å². The maximum absolute atomic E-state index is 11.1. The van der Waals surface area contributed by atoms with Crippen molar-refractivity contribution >= 4 is 11.9 Å². The smallest absolute Gasteiger partial charge is 0.166 e. The van der Waals surface area contributed by atoms with Gasteiger partial charge in [0.05, 0.1) is 5.69 Å². The van der Waals surface area contributed by atoms with E-state index in [1.807, 2.05) is 22.6 Å². The van der Waals surface area contributed by atoms with E-state index in [9.17, 15) is 4.79 Å². The molecule has 18 heavy (non-hydrogen) atoms. The number of piperidine rings is 1. The summed E-state index contributed by atoms with van der Waals surface area (Å²) in [5, 5.41) is 8.45. The van der Waals surface area contributed by atoms with Crippen molar-refractivity contribution in [3.63, 3.8) is 0 Å². The van der Waals surface area contributed by atoms with Gasteiger partial charge in [0.25, 0.3) is 0 Å². The Morgan fingerprint density at radius 1 is 1.28 bits per heavy atom. The van der Waals surface area contributed by atoms with Gasteiger partial charge < -0.3 is 4.90 Å². The lowest BCUT2D eigenvalue weighted by Gasteiger charge is -2.27. The third kappa shape index (κ3) is 1.80. The van der Waals surface area contributed by atoms with E-state index < -0.39 is 0 Å². The SMILES string of the molecule is CN1CCC(c2nnc3cccc(C=O)n23)CC1. The first-order valence-electron chi connectivity index (χ1n) is 6.27. The van der Waals surface area contributed by atoms with Crippen molar-refractivity contribution in [2.45, 2.75) is 18.8 Å². The van der Waals surface area contributed by atoms with Crippen molar-refractivity contribution in [2.75, 3.05) is 20.1 Å². The molecule has 5 heteroatoms. The van der Waals surface area contributed by atoms with Gasteiger partial charge >= 0.3 is 0 Å². The van der Waals surface area contributed by atoms with Gasteiger partial charge in [0, 0.05) is 5.92 Å². The van der Waals surface area contributed by atoms with Crippen LogP contribution in [0.1, 0.15) is 35.1 Å². The minimum Gasteiger partial charge on any atom is -0.306 e. The van der Waals surface area contributed by atoms with Crippen LogP contribution in [0.2, 0.25) is 0 Å². The van der Waals surface area contributed by atoms with Crippen LogP contribution in [0, 0.1) is 0 Å². The average Bonchev–Trinajstić information content (AvgIpc) is 2.83.